The third-order valence-electron chi connectivity index (χ3n) is 2.92. The number of nitrogens with two attached hydrogens (primary N) is 1. The molecule has 1 amide bonds. The van der Waals surface area contributed by atoms with Crippen molar-refractivity contribution in [2.45, 2.75) is 18.9 Å². The number of amides is 1. The molecule has 1 aliphatic rings. The number of carbonyl (C=O) groups is 1. The fourth-order valence-electron chi connectivity index (χ4n) is 2.09. The van der Waals surface area contributed by atoms with Crippen LogP contribution >= 0.6 is 0 Å². The van der Waals surface area contributed by atoms with Crippen molar-refractivity contribution in [1.82, 2.24) is 5.32 Å². The van der Waals surface area contributed by atoms with Crippen molar-refractivity contribution in [2.24, 2.45) is 5.73 Å². The Hall–Kier alpha value is -1.62. The Kier molecular flexibility index (Phi) is 3.58. The Morgan fingerprint density at radius 2 is 2.35 bits per heavy atom. The van der Waals surface area contributed by atoms with Crippen molar-refractivity contribution in [3.63, 3.8) is 0 Å². The van der Waals surface area contributed by atoms with Gasteiger partial charge in [0.05, 0.1) is 11.3 Å². The maximum Gasteiger partial charge on any atom is 0.253 e. The third kappa shape index (κ3) is 2.74. The minimum Gasteiger partial charge on any atom is -0.380 e. The first kappa shape index (κ1) is 11.9. The van der Waals surface area contributed by atoms with Gasteiger partial charge in [0, 0.05) is 12.6 Å². The highest BCUT2D eigenvalue weighted by Crippen LogP contribution is 2.20. The van der Waals surface area contributed by atoms with Crippen molar-refractivity contribution < 1.29 is 9.18 Å². The molecule has 17 heavy (non-hydrogen) atoms. The predicted octanol–water partition coefficient (Wildman–Crippen LogP) is 1.09. The molecule has 1 aromatic rings. The Bertz CT molecular complexity index is 416. The molecule has 0 radical (unpaired) electrons. The number of piperidine rings is 1. The molecule has 1 aliphatic heterocycles. The van der Waals surface area contributed by atoms with E-state index in [1.165, 1.54) is 6.07 Å². The number of hydrogen-bond acceptors (Lipinski definition) is 3. The summed E-state index contributed by atoms with van der Waals surface area (Å²) in [6.07, 6.45) is 2.07. The first-order chi connectivity index (χ1) is 8.18. The van der Waals surface area contributed by atoms with E-state index < -0.39 is 11.7 Å². The molecule has 0 bridgehead atoms. The van der Waals surface area contributed by atoms with E-state index in [1.807, 2.05) is 0 Å². The molecule has 1 heterocycles. The second-order valence-corrected chi connectivity index (χ2v) is 4.21. The van der Waals surface area contributed by atoms with E-state index in [0.29, 0.717) is 5.69 Å². The van der Waals surface area contributed by atoms with Gasteiger partial charge in [-0.15, -0.1) is 0 Å². The normalized spacial score (nSPS) is 19.9. The lowest BCUT2D eigenvalue weighted by Crippen LogP contribution is -2.38. The highest BCUT2D eigenvalue weighted by atomic mass is 19.1. The molecule has 0 spiro atoms. The second kappa shape index (κ2) is 5.14. The molecule has 1 aromatic carbocycles. The minimum atomic E-state index is -0.741. The van der Waals surface area contributed by atoms with Gasteiger partial charge >= 0.3 is 0 Å². The molecule has 92 valence electrons. The summed E-state index contributed by atoms with van der Waals surface area (Å²) in [5.74, 6) is -1.32. The molecule has 5 heteroatoms. The summed E-state index contributed by atoms with van der Waals surface area (Å²) in [5.41, 5.74) is 5.61. The zero-order valence-electron chi connectivity index (χ0n) is 9.50. The second-order valence-electron chi connectivity index (χ2n) is 4.21. The molecule has 4 nitrogen and oxygen atoms in total. The van der Waals surface area contributed by atoms with E-state index in [0.717, 1.165) is 25.9 Å². The van der Waals surface area contributed by atoms with Crippen molar-refractivity contribution in [1.29, 1.82) is 0 Å². The van der Waals surface area contributed by atoms with Crippen LogP contribution in [-0.2, 0) is 0 Å². The average molecular weight is 237 g/mol. The van der Waals surface area contributed by atoms with E-state index in [-0.39, 0.29) is 11.6 Å². The number of carbonyl (C=O) groups excluding carboxylic acids is 1. The number of nitrogens with one attached hydrogen (secondary N) is 2. The smallest absolute Gasteiger partial charge is 0.253 e. The van der Waals surface area contributed by atoms with Crippen LogP contribution in [0.15, 0.2) is 18.2 Å². The van der Waals surface area contributed by atoms with E-state index in [1.54, 1.807) is 12.1 Å². The van der Waals surface area contributed by atoms with E-state index in [9.17, 15) is 9.18 Å². The van der Waals surface area contributed by atoms with Gasteiger partial charge in [0.15, 0.2) is 0 Å². The molecule has 2 rings (SSSR count). The number of hydrogen-bond donors (Lipinski definition) is 3. The molecular weight excluding hydrogens is 221 g/mol. The van der Waals surface area contributed by atoms with Crippen LogP contribution in [0.1, 0.15) is 23.2 Å². The van der Waals surface area contributed by atoms with Crippen LogP contribution in [0, 0.1) is 5.82 Å². The van der Waals surface area contributed by atoms with Gasteiger partial charge in [-0.2, -0.15) is 0 Å². The van der Waals surface area contributed by atoms with Crippen LogP contribution in [0.3, 0.4) is 0 Å². The Balaban J connectivity index is 2.19. The molecule has 0 aromatic heterocycles. The Labute approximate surface area is 99.4 Å². The molecule has 1 fully saturated rings. The minimum absolute atomic E-state index is 0.0573. The van der Waals surface area contributed by atoms with Gasteiger partial charge in [-0.1, -0.05) is 6.07 Å². The lowest BCUT2D eigenvalue weighted by atomic mass is 10.1. The molecule has 0 aliphatic carbocycles. The van der Waals surface area contributed by atoms with Crippen molar-refractivity contribution in [2.75, 3.05) is 18.4 Å². The number of benzene rings is 1. The van der Waals surface area contributed by atoms with Crippen LogP contribution in [0.2, 0.25) is 0 Å². The summed E-state index contributed by atoms with van der Waals surface area (Å²) in [5, 5.41) is 6.41. The van der Waals surface area contributed by atoms with Crippen LogP contribution in [0.5, 0.6) is 0 Å². The predicted molar refractivity (Wildman–Crippen MR) is 64.4 cm³/mol. The molecule has 1 atom stereocenters. The number of anilines is 1. The maximum absolute atomic E-state index is 13.5. The standard InChI is InChI=1S/C12H16FN3O/c13-9-4-1-5-10(11(9)12(14)17)16-8-3-2-6-15-7-8/h1,4-5,8,15-16H,2-3,6-7H2,(H2,14,17). The van der Waals surface area contributed by atoms with Crippen molar-refractivity contribution >= 4 is 11.6 Å². The summed E-state index contributed by atoms with van der Waals surface area (Å²) in [6.45, 7) is 1.82. The first-order valence-electron chi connectivity index (χ1n) is 5.74. The molecular formula is C12H16FN3O. The van der Waals surface area contributed by atoms with Gasteiger partial charge in [-0.3, -0.25) is 4.79 Å². The summed E-state index contributed by atoms with van der Waals surface area (Å²) in [7, 11) is 0. The molecule has 1 unspecified atom stereocenters. The maximum atomic E-state index is 13.5. The van der Waals surface area contributed by atoms with Gasteiger partial charge in [-0.25, -0.2) is 4.39 Å². The molecule has 4 N–H and O–H groups in total. The lowest BCUT2D eigenvalue weighted by Gasteiger charge is -2.25. The number of halogens is 1. The summed E-state index contributed by atoms with van der Waals surface area (Å²) in [4.78, 5) is 11.2. The monoisotopic (exact) mass is 237 g/mol. The fourth-order valence-corrected chi connectivity index (χ4v) is 2.09. The van der Waals surface area contributed by atoms with Crippen LogP contribution in [0.4, 0.5) is 10.1 Å². The highest BCUT2D eigenvalue weighted by Gasteiger charge is 2.18. The van der Waals surface area contributed by atoms with Gasteiger partial charge in [0.1, 0.15) is 5.82 Å². The molecule has 0 saturated carbocycles. The quantitative estimate of drug-likeness (QED) is 0.737. The van der Waals surface area contributed by atoms with Gasteiger partial charge < -0.3 is 16.4 Å². The largest absolute Gasteiger partial charge is 0.380 e. The SMILES string of the molecule is NC(=O)c1c(F)cccc1NC1CCCNC1. The molecule has 1 saturated heterocycles. The Morgan fingerprint density at radius 1 is 1.53 bits per heavy atom. The highest BCUT2D eigenvalue weighted by molar-refractivity contribution is 5.98. The van der Waals surface area contributed by atoms with Gasteiger partial charge in [0.2, 0.25) is 0 Å². The van der Waals surface area contributed by atoms with Crippen molar-refractivity contribution in [3.8, 4) is 0 Å². The number of rotatable bonds is 3. The summed E-state index contributed by atoms with van der Waals surface area (Å²) < 4.78 is 13.5. The summed E-state index contributed by atoms with van der Waals surface area (Å²) in [6, 6.07) is 4.70. The lowest BCUT2D eigenvalue weighted by molar-refractivity contribution is 0.0997. The van der Waals surface area contributed by atoms with Gasteiger partial charge in [-0.05, 0) is 31.5 Å². The first-order valence-corrected chi connectivity index (χ1v) is 5.74. The van der Waals surface area contributed by atoms with Gasteiger partial charge in [0.25, 0.3) is 5.91 Å². The van der Waals surface area contributed by atoms with Crippen LogP contribution < -0.4 is 16.4 Å². The van der Waals surface area contributed by atoms with E-state index in [2.05, 4.69) is 10.6 Å². The van der Waals surface area contributed by atoms with E-state index in [4.69, 9.17) is 5.73 Å². The Morgan fingerprint density at radius 3 is 3.00 bits per heavy atom. The average Bonchev–Trinajstić information content (AvgIpc) is 2.30. The summed E-state index contributed by atoms with van der Waals surface area (Å²) >= 11 is 0. The van der Waals surface area contributed by atoms with E-state index >= 15 is 0 Å². The zero-order chi connectivity index (χ0) is 12.3. The van der Waals surface area contributed by atoms with Crippen LogP contribution in [-0.4, -0.2) is 25.0 Å². The number of primary amides is 1. The van der Waals surface area contributed by atoms with Crippen molar-refractivity contribution in [3.05, 3.63) is 29.6 Å². The zero-order valence-corrected chi connectivity index (χ0v) is 9.50. The third-order valence-corrected chi connectivity index (χ3v) is 2.92. The fraction of sp³-hybridized carbons (Fsp3) is 0.417. The van der Waals surface area contributed by atoms with Crippen LogP contribution in [0.25, 0.3) is 0 Å². The topological polar surface area (TPSA) is 67.2 Å².